The molecule has 0 aliphatic carbocycles. The van der Waals surface area contributed by atoms with Crippen LogP contribution in [0, 0.1) is 11.6 Å². The number of hydrogen-bond acceptors (Lipinski definition) is 3. The molecule has 0 radical (unpaired) electrons. The minimum atomic E-state index is -3.66. The van der Waals surface area contributed by atoms with Crippen molar-refractivity contribution in [2.75, 3.05) is 13.1 Å². The number of carbonyl (C=O) groups excluding carboxylic acids is 1. The molecule has 0 unspecified atom stereocenters. The van der Waals surface area contributed by atoms with Crippen LogP contribution >= 0.6 is 0 Å². The van der Waals surface area contributed by atoms with Crippen LogP contribution in [0.15, 0.2) is 41.3 Å². The van der Waals surface area contributed by atoms with Gasteiger partial charge in [0, 0.05) is 35.1 Å². The average Bonchev–Trinajstić information content (AvgIpc) is 3.30. The summed E-state index contributed by atoms with van der Waals surface area (Å²) in [5.74, 6) is -1.32. The van der Waals surface area contributed by atoms with Gasteiger partial charge in [-0.2, -0.15) is 4.31 Å². The highest BCUT2D eigenvalue weighted by Crippen LogP contribution is 2.33. The lowest BCUT2D eigenvalue weighted by atomic mass is 10.1. The molecule has 0 bridgehead atoms. The third kappa shape index (κ3) is 2.94. The molecule has 27 heavy (non-hydrogen) atoms. The second-order valence-corrected chi connectivity index (χ2v) is 8.41. The van der Waals surface area contributed by atoms with Gasteiger partial charge in [0.1, 0.15) is 11.6 Å². The molecule has 0 atom stereocenters. The van der Waals surface area contributed by atoms with E-state index in [4.69, 9.17) is 0 Å². The lowest BCUT2D eigenvalue weighted by molar-refractivity contribution is 0.112. The molecule has 3 aromatic rings. The van der Waals surface area contributed by atoms with E-state index in [1.165, 1.54) is 22.5 Å². The first-order chi connectivity index (χ1) is 12.9. The minimum absolute atomic E-state index is 0.0743. The summed E-state index contributed by atoms with van der Waals surface area (Å²) < 4.78 is 54.7. The van der Waals surface area contributed by atoms with Gasteiger partial charge in [0.05, 0.1) is 10.6 Å². The summed E-state index contributed by atoms with van der Waals surface area (Å²) in [5.41, 5.74) is 0.592. The molecule has 0 amide bonds. The van der Waals surface area contributed by atoms with E-state index < -0.39 is 21.7 Å². The Morgan fingerprint density at radius 1 is 1.04 bits per heavy atom. The highest BCUT2D eigenvalue weighted by atomic mass is 32.2. The predicted molar refractivity (Wildman–Crippen MR) is 97.0 cm³/mol. The van der Waals surface area contributed by atoms with Crippen LogP contribution in [0.5, 0.6) is 0 Å². The van der Waals surface area contributed by atoms with E-state index in [-0.39, 0.29) is 21.7 Å². The van der Waals surface area contributed by atoms with Crippen molar-refractivity contribution in [2.24, 2.45) is 0 Å². The molecule has 2 aromatic carbocycles. The highest BCUT2D eigenvalue weighted by molar-refractivity contribution is 7.89. The van der Waals surface area contributed by atoms with Gasteiger partial charge in [0.2, 0.25) is 10.0 Å². The normalized spacial score (nSPS) is 15.5. The standard InChI is InChI=1S/C19H16F2N2O3S/c20-12-3-5-17(21)15(9-12)19-16(11-24)14-10-13(4-6-18(14)22-19)27(25,26)23-7-1-2-8-23/h3-6,9-11,22H,1-2,7-8H2. The summed E-state index contributed by atoms with van der Waals surface area (Å²) in [4.78, 5) is 14.7. The highest BCUT2D eigenvalue weighted by Gasteiger charge is 2.28. The molecule has 1 aliphatic heterocycles. The summed E-state index contributed by atoms with van der Waals surface area (Å²) >= 11 is 0. The van der Waals surface area contributed by atoms with E-state index in [1.807, 2.05) is 0 Å². The molecule has 1 aromatic heterocycles. The molecular weight excluding hydrogens is 374 g/mol. The summed E-state index contributed by atoms with van der Waals surface area (Å²) in [6, 6.07) is 7.36. The molecule has 1 N–H and O–H groups in total. The maximum absolute atomic E-state index is 14.2. The molecule has 1 fully saturated rings. The summed E-state index contributed by atoms with van der Waals surface area (Å²) in [6.45, 7) is 0.932. The molecule has 2 heterocycles. The van der Waals surface area contributed by atoms with Crippen LogP contribution in [-0.2, 0) is 10.0 Å². The smallest absolute Gasteiger partial charge is 0.243 e. The van der Waals surface area contributed by atoms with E-state index in [0.717, 1.165) is 31.0 Å². The van der Waals surface area contributed by atoms with E-state index in [0.29, 0.717) is 30.3 Å². The molecular formula is C19H16F2N2O3S. The third-order valence-electron chi connectivity index (χ3n) is 4.83. The zero-order valence-corrected chi connectivity index (χ0v) is 15.0. The topological polar surface area (TPSA) is 70.2 Å². The summed E-state index contributed by atoms with van der Waals surface area (Å²) in [5, 5.41) is 0.351. The number of halogens is 2. The predicted octanol–water partition coefficient (Wildman–Crippen LogP) is 3.71. The second kappa shape index (κ2) is 6.54. The van der Waals surface area contributed by atoms with E-state index >= 15 is 0 Å². The number of H-pyrrole nitrogens is 1. The monoisotopic (exact) mass is 390 g/mol. The fraction of sp³-hybridized carbons (Fsp3) is 0.211. The number of aldehydes is 1. The molecule has 5 nitrogen and oxygen atoms in total. The largest absolute Gasteiger partial charge is 0.354 e. The quantitative estimate of drug-likeness (QED) is 0.691. The lowest BCUT2D eigenvalue weighted by Gasteiger charge is -2.15. The zero-order chi connectivity index (χ0) is 19.2. The van der Waals surface area contributed by atoms with Gasteiger partial charge in [0.15, 0.2) is 6.29 Å². The number of hydrogen-bond donors (Lipinski definition) is 1. The number of fused-ring (bicyclic) bond motifs is 1. The summed E-state index contributed by atoms with van der Waals surface area (Å²) in [7, 11) is -3.66. The van der Waals surface area contributed by atoms with Crippen molar-refractivity contribution < 1.29 is 22.0 Å². The molecule has 4 rings (SSSR count). The van der Waals surface area contributed by atoms with Crippen LogP contribution in [0.3, 0.4) is 0 Å². The first-order valence-electron chi connectivity index (χ1n) is 8.48. The molecule has 0 saturated carbocycles. The number of benzene rings is 2. The van der Waals surface area contributed by atoms with Crippen LogP contribution < -0.4 is 0 Å². The number of carbonyl (C=O) groups is 1. The molecule has 140 valence electrons. The van der Waals surface area contributed by atoms with E-state index in [1.54, 1.807) is 0 Å². The zero-order valence-electron chi connectivity index (χ0n) is 14.2. The molecule has 1 aliphatic rings. The number of sulfonamides is 1. The van der Waals surface area contributed by atoms with Gasteiger partial charge in [0.25, 0.3) is 0 Å². The van der Waals surface area contributed by atoms with Crippen molar-refractivity contribution in [3.8, 4) is 11.3 Å². The minimum Gasteiger partial charge on any atom is -0.354 e. The van der Waals surface area contributed by atoms with Gasteiger partial charge in [-0.1, -0.05) is 0 Å². The first kappa shape index (κ1) is 17.8. The van der Waals surface area contributed by atoms with Crippen LogP contribution in [0.2, 0.25) is 0 Å². The molecule has 0 spiro atoms. The van der Waals surface area contributed by atoms with Crippen molar-refractivity contribution >= 4 is 27.2 Å². The SMILES string of the molecule is O=Cc1c(-c2cc(F)ccc2F)[nH]c2ccc(S(=O)(=O)N3CCCC3)cc12. The Morgan fingerprint density at radius 2 is 1.78 bits per heavy atom. The van der Waals surface area contributed by atoms with Gasteiger partial charge in [-0.05, 0) is 49.2 Å². The van der Waals surface area contributed by atoms with Gasteiger partial charge in [-0.25, -0.2) is 17.2 Å². The maximum atomic E-state index is 14.2. The van der Waals surface area contributed by atoms with Crippen molar-refractivity contribution in [3.63, 3.8) is 0 Å². The van der Waals surface area contributed by atoms with E-state index in [2.05, 4.69) is 4.98 Å². The number of rotatable bonds is 4. The van der Waals surface area contributed by atoms with Crippen LogP contribution in [-0.4, -0.2) is 37.1 Å². The Kier molecular flexibility index (Phi) is 4.32. The summed E-state index contributed by atoms with van der Waals surface area (Å²) in [6.07, 6.45) is 2.15. The van der Waals surface area contributed by atoms with Crippen LogP contribution in [0.1, 0.15) is 23.2 Å². The lowest BCUT2D eigenvalue weighted by Crippen LogP contribution is -2.27. The Morgan fingerprint density at radius 3 is 2.48 bits per heavy atom. The number of aromatic amines is 1. The number of nitrogens with zero attached hydrogens (tertiary/aromatic N) is 1. The Labute approximate surface area is 154 Å². The van der Waals surface area contributed by atoms with Crippen molar-refractivity contribution in [2.45, 2.75) is 17.7 Å². The van der Waals surface area contributed by atoms with Gasteiger partial charge in [-0.3, -0.25) is 4.79 Å². The fourth-order valence-corrected chi connectivity index (χ4v) is 5.00. The van der Waals surface area contributed by atoms with Crippen molar-refractivity contribution in [1.29, 1.82) is 0 Å². The van der Waals surface area contributed by atoms with E-state index in [9.17, 15) is 22.0 Å². The van der Waals surface area contributed by atoms with Gasteiger partial charge in [-0.15, -0.1) is 0 Å². The molecule has 8 heteroatoms. The Bertz CT molecular complexity index is 1150. The third-order valence-corrected chi connectivity index (χ3v) is 6.72. The Balaban J connectivity index is 1.90. The van der Waals surface area contributed by atoms with Crippen LogP contribution in [0.25, 0.3) is 22.2 Å². The molecule has 1 saturated heterocycles. The average molecular weight is 390 g/mol. The van der Waals surface area contributed by atoms with Crippen molar-refractivity contribution in [1.82, 2.24) is 9.29 Å². The first-order valence-corrected chi connectivity index (χ1v) is 9.92. The van der Waals surface area contributed by atoms with Gasteiger partial charge >= 0.3 is 0 Å². The van der Waals surface area contributed by atoms with Crippen molar-refractivity contribution in [3.05, 3.63) is 53.6 Å². The fourth-order valence-electron chi connectivity index (χ4n) is 3.45. The maximum Gasteiger partial charge on any atom is 0.243 e. The Hall–Kier alpha value is -2.58. The second-order valence-electron chi connectivity index (χ2n) is 6.47. The van der Waals surface area contributed by atoms with Crippen LogP contribution in [0.4, 0.5) is 8.78 Å². The number of nitrogens with one attached hydrogen (secondary N) is 1. The number of aromatic nitrogens is 1. The van der Waals surface area contributed by atoms with Gasteiger partial charge < -0.3 is 4.98 Å².